The molecule has 2 fully saturated rings. The summed E-state index contributed by atoms with van der Waals surface area (Å²) >= 11 is 0. The van der Waals surface area contributed by atoms with E-state index in [0.29, 0.717) is 19.5 Å². The minimum Gasteiger partial charge on any atom is -0.348 e. The number of hydrogen-bond acceptors (Lipinski definition) is 4. The first-order valence-electron chi connectivity index (χ1n) is 9.46. The Hall–Kier alpha value is -2.70. The monoisotopic (exact) mass is 371 g/mol. The summed E-state index contributed by atoms with van der Waals surface area (Å²) in [7, 11) is 0. The number of carbonyl (C=O) groups excluding carboxylic acids is 4. The molecule has 2 aliphatic rings. The highest BCUT2D eigenvalue weighted by atomic mass is 16.2. The number of carbonyl (C=O) groups is 4. The maximum absolute atomic E-state index is 12.5. The van der Waals surface area contributed by atoms with Crippen molar-refractivity contribution in [2.45, 2.75) is 50.7 Å². The van der Waals surface area contributed by atoms with Gasteiger partial charge in [0.1, 0.15) is 6.04 Å². The van der Waals surface area contributed by atoms with Crippen molar-refractivity contribution in [3.05, 3.63) is 35.9 Å². The zero-order chi connectivity index (χ0) is 19.2. The summed E-state index contributed by atoms with van der Waals surface area (Å²) < 4.78 is 0. The zero-order valence-electron chi connectivity index (χ0n) is 15.3. The highest BCUT2D eigenvalue weighted by Crippen LogP contribution is 2.23. The molecule has 0 bridgehead atoms. The zero-order valence-corrected chi connectivity index (χ0v) is 15.3. The average Bonchev–Trinajstić information content (AvgIpc) is 3.00. The molecule has 1 aromatic carbocycles. The van der Waals surface area contributed by atoms with E-state index in [-0.39, 0.29) is 24.9 Å². The summed E-state index contributed by atoms with van der Waals surface area (Å²) in [6, 6.07) is 8.96. The van der Waals surface area contributed by atoms with E-state index in [1.165, 1.54) is 4.90 Å². The molecule has 1 saturated carbocycles. The van der Waals surface area contributed by atoms with Crippen LogP contribution in [0.5, 0.6) is 0 Å². The van der Waals surface area contributed by atoms with Gasteiger partial charge in [0.05, 0.1) is 0 Å². The predicted octanol–water partition coefficient (Wildman–Crippen LogP) is 0.874. The van der Waals surface area contributed by atoms with Gasteiger partial charge in [0.25, 0.3) is 5.91 Å². The number of nitrogens with zero attached hydrogens (tertiary/aromatic N) is 2. The Morgan fingerprint density at radius 3 is 2.56 bits per heavy atom. The summed E-state index contributed by atoms with van der Waals surface area (Å²) in [6.07, 6.45) is 4.54. The summed E-state index contributed by atoms with van der Waals surface area (Å²) in [6.45, 7) is 0.952. The molecule has 0 unspecified atom stereocenters. The van der Waals surface area contributed by atoms with Gasteiger partial charge in [0.15, 0.2) is 0 Å². The largest absolute Gasteiger partial charge is 0.348 e. The van der Waals surface area contributed by atoms with Gasteiger partial charge in [-0.3, -0.25) is 19.2 Å². The topological polar surface area (TPSA) is 86.8 Å². The quantitative estimate of drug-likeness (QED) is 0.516. The van der Waals surface area contributed by atoms with Crippen LogP contribution in [0.1, 0.15) is 37.7 Å². The Balaban J connectivity index is 1.52. The van der Waals surface area contributed by atoms with Gasteiger partial charge >= 0.3 is 0 Å². The first-order chi connectivity index (χ1) is 13.1. The van der Waals surface area contributed by atoms with E-state index in [1.54, 1.807) is 4.90 Å². The Morgan fingerprint density at radius 2 is 1.93 bits per heavy atom. The lowest BCUT2D eigenvalue weighted by Crippen LogP contribution is -2.48. The molecule has 0 radical (unpaired) electrons. The fourth-order valence-electron chi connectivity index (χ4n) is 3.56. The van der Waals surface area contributed by atoms with Crippen LogP contribution in [0.4, 0.5) is 0 Å². The van der Waals surface area contributed by atoms with Gasteiger partial charge < -0.3 is 15.1 Å². The first-order valence-corrected chi connectivity index (χ1v) is 9.46. The second-order valence-electron chi connectivity index (χ2n) is 7.11. The van der Waals surface area contributed by atoms with E-state index >= 15 is 0 Å². The van der Waals surface area contributed by atoms with Crippen molar-refractivity contribution in [1.82, 2.24) is 15.1 Å². The number of nitrogens with one attached hydrogen (secondary N) is 1. The van der Waals surface area contributed by atoms with E-state index < -0.39 is 17.7 Å². The van der Waals surface area contributed by atoms with Crippen molar-refractivity contribution in [3.63, 3.8) is 0 Å². The lowest BCUT2D eigenvalue weighted by Gasteiger charge is -2.34. The third kappa shape index (κ3) is 4.53. The fourth-order valence-corrected chi connectivity index (χ4v) is 3.56. The van der Waals surface area contributed by atoms with Crippen molar-refractivity contribution in [1.29, 1.82) is 0 Å². The first kappa shape index (κ1) is 19.1. The second kappa shape index (κ2) is 8.79. The van der Waals surface area contributed by atoms with Gasteiger partial charge in [-0.15, -0.1) is 0 Å². The minimum absolute atomic E-state index is 0.109. The van der Waals surface area contributed by atoms with E-state index in [1.807, 2.05) is 30.3 Å². The van der Waals surface area contributed by atoms with Crippen molar-refractivity contribution < 1.29 is 19.2 Å². The molecule has 1 aromatic rings. The van der Waals surface area contributed by atoms with E-state index in [0.717, 1.165) is 31.2 Å². The Bertz CT molecular complexity index is 702. The molecule has 7 heteroatoms. The Kier molecular flexibility index (Phi) is 6.21. The van der Waals surface area contributed by atoms with Crippen LogP contribution in [0, 0.1) is 0 Å². The maximum atomic E-state index is 12.5. The summed E-state index contributed by atoms with van der Waals surface area (Å²) in [5.41, 5.74) is 0.924. The molecule has 144 valence electrons. The van der Waals surface area contributed by atoms with Crippen LogP contribution in [-0.2, 0) is 25.7 Å². The Morgan fingerprint density at radius 1 is 1.19 bits per heavy atom. The van der Waals surface area contributed by atoms with Crippen LogP contribution in [0.15, 0.2) is 30.3 Å². The maximum Gasteiger partial charge on any atom is 0.289 e. The SMILES string of the molecule is O=CN(CCNC(=O)C(=O)[C@H]1CCC(=O)N1Cc1ccccc1)C1CCC1. The summed E-state index contributed by atoms with van der Waals surface area (Å²) in [5, 5.41) is 2.60. The molecule has 1 N–H and O–H groups in total. The van der Waals surface area contributed by atoms with Gasteiger partial charge in [-0.1, -0.05) is 30.3 Å². The lowest BCUT2D eigenvalue weighted by molar-refractivity contribution is -0.143. The van der Waals surface area contributed by atoms with E-state index in [2.05, 4.69) is 5.32 Å². The molecule has 0 spiro atoms. The third-order valence-electron chi connectivity index (χ3n) is 5.39. The molecule has 1 heterocycles. The van der Waals surface area contributed by atoms with Crippen molar-refractivity contribution in [3.8, 4) is 0 Å². The predicted molar refractivity (Wildman–Crippen MR) is 98.4 cm³/mol. The molecular weight excluding hydrogens is 346 g/mol. The van der Waals surface area contributed by atoms with Crippen LogP contribution in [0.25, 0.3) is 0 Å². The number of Topliss-reactive ketones (excluding diaryl/α,β-unsaturated/α-hetero) is 1. The molecule has 27 heavy (non-hydrogen) atoms. The lowest BCUT2D eigenvalue weighted by atomic mass is 9.92. The average molecular weight is 371 g/mol. The fraction of sp³-hybridized carbons (Fsp3) is 0.500. The normalized spacial score (nSPS) is 19.5. The number of rotatable bonds is 9. The molecule has 3 amide bonds. The standard InChI is InChI=1S/C20H25N3O4/c24-14-22(16-7-4-8-16)12-11-21-20(27)19(26)17-9-10-18(25)23(17)13-15-5-2-1-3-6-15/h1-3,5-6,14,16-17H,4,7-13H2,(H,21,27)/t17-/m1/s1. The molecule has 1 aliphatic carbocycles. The van der Waals surface area contributed by atoms with E-state index in [9.17, 15) is 19.2 Å². The smallest absolute Gasteiger partial charge is 0.289 e. The second-order valence-corrected chi connectivity index (χ2v) is 7.11. The van der Waals surface area contributed by atoms with Crippen LogP contribution < -0.4 is 5.32 Å². The molecule has 1 aliphatic heterocycles. The minimum atomic E-state index is -0.716. The van der Waals surface area contributed by atoms with Gasteiger partial charge in [-0.25, -0.2) is 0 Å². The van der Waals surface area contributed by atoms with Crippen LogP contribution in [-0.4, -0.2) is 59.0 Å². The molecule has 7 nitrogen and oxygen atoms in total. The number of benzene rings is 1. The van der Waals surface area contributed by atoms with E-state index in [4.69, 9.17) is 0 Å². The molecule has 1 saturated heterocycles. The summed E-state index contributed by atoms with van der Waals surface area (Å²) in [4.78, 5) is 51.2. The third-order valence-corrected chi connectivity index (χ3v) is 5.39. The van der Waals surface area contributed by atoms with Crippen LogP contribution >= 0.6 is 0 Å². The van der Waals surface area contributed by atoms with Crippen LogP contribution in [0.3, 0.4) is 0 Å². The van der Waals surface area contributed by atoms with Crippen LogP contribution in [0.2, 0.25) is 0 Å². The highest BCUT2D eigenvalue weighted by molar-refractivity contribution is 6.38. The van der Waals surface area contributed by atoms with Gasteiger partial charge in [0, 0.05) is 32.1 Å². The molecule has 0 aromatic heterocycles. The van der Waals surface area contributed by atoms with Gasteiger partial charge in [0.2, 0.25) is 18.1 Å². The van der Waals surface area contributed by atoms with Crippen molar-refractivity contribution in [2.75, 3.05) is 13.1 Å². The number of amides is 3. The van der Waals surface area contributed by atoms with Crippen molar-refractivity contribution in [2.24, 2.45) is 0 Å². The highest BCUT2D eigenvalue weighted by Gasteiger charge is 2.38. The number of likely N-dealkylation sites (tertiary alicyclic amines) is 1. The van der Waals surface area contributed by atoms with Gasteiger partial charge in [-0.2, -0.15) is 0 Å². The van der Waals surface area contributed by atoms with Gasteiger partial charge in [-0.05, 0) is 31.2 Å². The number of hydrogen-bond donors (Lipinski definition) is 1. The molecular formula is C20H25N3O4. The van der Waals surface area contributed by atoms with Crippen molar-refractivity contribution >= 4 is 24.0 Å². The number of ketones is 1. The molecule has 1 atom stereocenters. The molecule has 3 rings (SSSR count). The Labute approximate surface area is 158 Å². The summed E-state index contributed by atoms with van der Waals surface area (Å²) in [5.74, 6) is -1.38.